The van der Waals surface area contributed by atoms with Gasteiger partial charge in [0.15, 0.2) is 0 Å². The Kier molecular flexibility index (Phi) is 9.15. The molecule has 2 N–H and O–H groups in total. The summed E-state index contributed by atoms with van der Waals surface area (Å²) < 4.78 is 23.3. The number of amides is 2. The number of likely N-dealkylation sites (tertiary alicyclic amines) is 1. The van der Waals surface area contributed by atoms with Gasteiger partial charge in [0.1, 0.15) is 51.8 Å². The number of nitrogens with two attached hydrogens (primary N) is 1. The number of benzene rings is 2. The molecule has 48 heavy (non-hydrogen) atoms. The van der Waals surface area contributed by atoms with Crippen molar-refractivity contribution in [1.82, 2.24) is 29.1 Å². The third-order valence-corrected chi connectivity index (χ3v) is 9.25. The minimum atomic E-state index is -0.566. The highest BCUT2D eigenvalue weighted by molar-refractivity contribution is 5.97. The third kappa shape index (κ3) is 6.59. The SMILES string of the molecule is CC(=O)N1CCN(C(C)(C)C=C(C#N)C(=O)N2CCCC(c3nc(-c4ccc(Oc5ccccc5)cc4F)c4c(N)nccn34)C2)CC1. The fourth-order valence-corrected chi connectivity index (χ4v) is 6.67. The van der Waals surface area contributed by atoms with Gasteiger partial charge in [-0.2, -0.15) is 5.26 Å². The van der Waals surface area contributed by atoms with Crippen molar-refractivity contribution >= 4 is 23.1 Å². The average molecular weight is 651 g/mol. The minimum absolute atomic E-state index is 0.0448. The lowest BCUT2D eigenvalue weighted by molar-refractivity contribution is -0.131. The molecule has 0 spiro atoms. The molecule has 0 radical (unpaired) electrons. The zero-order chi connectivity index (χ0) is 34.0. The normalized spacial score (nSPS) is 17.7. The largest absolute Gasteiger partial charge is 0.457 e. The van der Waals surface area contributed by atoms with E-state index in [1.165, 1.54) is 6.07 Å². The Morgan fingerprint density at radius 3 is 2.50 bits per heavy atom. The van der Waals surface area contributed by atoms with Crippen LogP contribution < -0.4 is 10.5 Å². The van der Waals surface area contributed by atoms with Gasteiger partial charge >= 0.3 is 0 Å². The summed E-state index contributed by atoms with van der Waals surface area (Å²) in [4.78, 5) is 40.5. The highest BCUT2D eigenvalue weighted by Gasteiger charge is 2.34. The fourth-order valence-electron chi connectivity index (χ4n) is 6.67. The van der Waals surface area contributed by atoms with E-state index in [4.69, 9.17) is 15.5 Å². The summed E-state index contributed by atoms with van der Waals surface area (Å²) in [7, 11) is 0. The molecule has 0 saturated carbocycles. The van der Waals surface area contributed by atoms with Crippen LogP contribution in [0.5, 0.6) is 11.5 Å². The zero-order valence-electron chi connectivity index (χ0n) is 27.4. The first-order valence-corrected chi connectivity index (χ1v) is 16.1. The Balaban J connectivity index is 1.25. The van der Waals surface area contributed by atoms with E-state index in [2.05, 4.69) is 16.0 Å². The van der Waals surface area contributed by atoms with Crippen molar-refractivity contribution in [3.63, 3.8) is 0 Å². The first-order valence-electron chi connectivity index (χ1n) is 16.1. The number of para-hydroxylation sites is 1. The zero-order valence-corrected chi connectivity index (χ0v) is 27.4. The fraction of sp³-hybridized carbons (Fsp3) is 0.361. The number of aromatic nitrogens is 3. The lowest BCUT2D eigenvalue weighted by Gasteiger charge is -2.42. The van der Waals surface area contributed by atoms with Gasteiger partial charge < -0.3 is 20.3 Å². The van der Waals surface area contributed by atoms with Crippen molar-refractivity contribution in [2.45, 2.75) is 45.1 Å². The van der Waals surface area contributed by atoms with Gasteiger partial charge in [-0.15, -0.1) is 0 Å². The second-order valence-electron chi connectivity index (χ2n) is 12.8. The van der Waals surface area contributed by atoms with Crippen LogP contribution in [0, 0.1) is 17.1 Å². The van der Waals surface area contributed by atoms with Crippen molar-refractivity contribution in [2.75, 3.05) is 45.0 Å². The van der Waals surface area contributed by atoms with Crippen molar-refractivity contribution in [3.8, 4) is 28.8 Å². The second kappa shape index (κ2) is 13.4. The number of nitrogen functional groups attached to an aromatic ring is 1. The van der Waals surface area contributed by atoms with E-state index in [-0.39, 0.29) is 34.7 Å². The van der Waals surface area contributed by atoms with Crippen molar-refractivity contribution in [3.05, 3.63) is 84.2 Å². The number of carbonyl (C=O) groups excluding carboxylic acids is 2. The smallest absolute Gasteiger partial charge is 0.264 e. The van der Waals surface area contributed by atoms with Crippen molar-refractivity contribution in [1.29, 1.82) is 5.26 Å². The average Bonchev–Trinajstić information content (AvgIpc) is 3.48. The van der Waals surface area contributed by atoms with Crippen LogP contribution in [-0.4, -0.2) is 85.7 Å². The Morgan fingerprint density at radius 1 is 1.06 bits per heavy atom. The summed E-state index contributed by atoms with van der Waals surface area (Å²) >= 11 is 0. The predicted molar refractivity (Wildman–Crippen MR) is 179 cm³/mol. The van der Waals surface area contributed by atoms with Crippen LogP contribution in [0.25, 0.3) is 16.8 Å². The van der Waals surface area contributed by atoms with E-state index < -0.39 is 11.4 Å². The van der Waals surface area contributed by atoms with E-state index in [0.717, 1.165) is 6.42 Å². The molecule has 0 bridgehead atoms. The van der Waals surface area contributed by atoms with Gasteiger partial charge in [0.25, 0.3) is 5.91 Å². The molecule has 6 rings (SSSR count). The van der Waals surface area contributed by atoms with Gasteiger partial charge in [0, 0.05) is 81.7 Å². The molecule has 2 aromatic carbocycles. The van der Waals surface area contributed by atoms with Crippen molar-refractivity contribution in [2.24, 2.45) is 0 Å². The molecule has 11 nitrogen and oxygen atoms in total. The maximum Gasteiger partial charge on any atom is 0.264 e. The number of anilines is 1. The first kappa shape index (κ1) is 32.7. The van der Waals surface area contributed by atoms with Crippen LogP contribution in [-0.2, 0) is 9.59 Å². The molecule has 1 unspecified atom stereocenters. The van der Waals surface area contributed by atoms with Gasteiger partial charge in [-0.25, -0.2) is 14.4 Å². The summed E-state index contributed by atoms with van der Waals surface area (Å²) in [6, 6.07) is 15.9. The van der Waals surface area contributed by atoms with Crippen molar-refractivity contribution < 1.29 is 18.7 Å². The number of piperazine rings is 1. The molecule has 2 saturated heterocycles. The molecular formula is C36H39FN8O3. The third-order valence-electron chi connectivity index (χ3n) is 9.25. The summed E-state index contributed by atoms with van der Waals surface area (Å²) in [5, 5.41) is 10.1. The standard InChI is InChI=1S/C36H39FN8O3/c1-24(46)42-16-18-44(19-17-42)36(2,3)21-26(22-38)35(47)43-14-7-8-25(23-43)34-41-31(32-33(39)40-13-15-45(32)34)29-12-11-28(20-30(29)37)48-27-9-5-4-6-10-27/h4-6,9-13,15,20-21,25H,7-8,14,16-19,23H2,1-3H3,(H2,39,40). The molecule has 2 aliphatic heterocycles. The Bertz CT molecular complexity index is 1910. The number of carbonyl (C=O) groups is 2. The summed E-state index contributed by atoms with van der Waals surface area (Å²) in [5.41, 5.74) is 6.95. The topological polar surface area (TPSA) is 133 Å². The van der Waals surface area contributed by atoms with Gasteiger partial charge in [-0.3, -0.25) is 18.9 Å². The molecule has 12 heteroatoms. The Hall–Kier alpha value is -5.28. The number of piperidine rings is 1. The van der Waals surface area contributed by atoms with Crippen LogP contribution >= 0.6 is 0 Å². The summed E-state index contributed by atoms with van der Waals surface area (Å²) in [5.74, 6) is 0.788. The first-order chi connectivity index (χ1) is 23.1. The molecular weight excluding hydrogens is 611 g/mol. The van der Waals surface area contributed by atoms with Crippen LogP contribution in [0.3, 0.4) is 0 Å². The lowest BCUT2D eigenvalue weighted by Crippen LogP contribution is -2.55. The van der Waals surface area contributed by atoms with E-state index in [0.29, 0.717) is 74.2 Å². The molecule has 2 aliphatic rings. The molecule has 0 aliphatic carbocycles. The predicted octanol–water partition coefficient (Wildman–Crippen LogP) is 5.01. The van der Waals surface area contributed by atoms with E-state index in [1.54, 1.807) is 59.5 Å². The van der Waals surface area contributed by atoms with E-state index in [1.807, 2.05) is 36.4 Å². The maximum atomic E-state index is 15.7. The van der Waals surface area contributed by atoms with Crippen LogP contribution in [0.15, 0.2) is 72.6 Å². The number of imidazole rings is 1. The maximum absolute atomic E-state index is 15.7. The van der Waals surface area contributed by atoms with Gasteiger partial charge in [-0.05, 0) is 57.0 Å². The van der Waals surface area contributed by atoms with Gasteiger partial charge in [0.2, 0.25) is 5.91 Å². The lowest BCUT2D eigenvalue weighted by atomic mass is 9.94. The van der Waals surface area contributed by atoms with E-state index >= 15 is 4.39 Å². The number of nitriles is 1. The number of hydrogen-bond donors (Lipinski definition) is 1. The number of ether oxygens (including phenoxy) is 1. The Labute approximate surface area is 279 Å². The molecule has 2 fully saturated rings. The molecule has 4 aromatic rings. The van der Waals surface area contributed by atoms with Gasteiger partial charge in [0.05, 0.1) is 0 Å². The summed E-state index contributed by atoms with van der Waals surface area (Å²) in [6.07, 6.45) is 6.51. The quantitative estimate of drug-likeness (QED) is 0.218. The van der Waals surface area contributed by atoms with Crippen LogP contribution in [0.1, 0.15) is 45.4 Å². The molecule has 4 heterocycles. The molecule has 2 aromatic heterocycles. The van der Waals surface area contributed by atoms with Gasteiger partial charge in [-0.1, -0.05) is 18.2 Å². The Morgan fingerprint density at radius 2 is 1.81 bits per heavy atom. The number of rotatable bonds is 7. The molecule has 1 atom stereocenters. The number of nitrogens with zero attached hydrogens (tertiary/aromatic N) is 7. The summed E-state index contributed by atoms with van der Waals surface area (Å²) in [6.45, 7) is 8.88. The minimum Gasteiger partial charge on any atom is -0.457 e. The molecule has 2 amide bonds. The highest BCUT2D eigenvalue weighted by atomic mass is 19.1. The number of hydrogen-bond acceptors (Lipinski definition) is 8. The highest BCUT2D eigenvalue weighted by Crippen LogP contribution is 2.36. The molecule has 248 valence electrons. The second-order valence-corrected chi connectivity index (χ2v) is 12.8. The van der Waals surface area contributed by atoms with E-state index in [9.17, 15) is 14.9 Å². The van der Waals surface area contributed by atoms with Crippen LogP contribution in [0.2, 0.25) is 0 Å². The number of halogens is 1. The van der Waals surface area contributed by atoms with Crippen LogP contribution in [0.4, 0.5) is 10.2 Å². The number of fused-ring (bicyclic) bond motifs is 1. The monoisotopic (exact) mass is 650 g/mol.